The van der Waals surface area contributed by atoms with Crippen molar-refractivity contribution in [2.75, 3.05) is 24.2 Å². The highest BCUT2D eigenvalue weighted by Crippen LogP contribution is 2.22. The van der Waals surface area contributed by atoms with Crippen molar-refractivity contribution in [3.63, 3.8) is 0 Å². The van der Waals surface area contributed by atoms with Crippen molar-refractivity contribution in [2.24, 2.45) is 0 Å². The number of rotatable bonds is 10. The Bertz CT molecular complexity index is 1360. The van der Waals surface area contributed by atoms with E-state index in [9.17, 15) is 26.8 Å². The van der Waals surface area contributed by atoms with Gasteiger partial charge >= 0.3 is 0 Å². The fourth-order valence-corrected chi connectivity index (χ4v) is 4.73. The van der Waals surface area contributed by atoms with Crippen molar-refractivity contribution < 1.29 is 26.8 Å². The molecule has 2 amide bonds. The zero-order valence-electron chi connectivity index (χ0n) is 20.2. The second-order valence-corrected chi connectivity index (χ2v) is 10.7. The maximum absolute atomic E-state index is 13.9. The Balaban J connectivity index is 2.03. The molecule has 196 valence electrons. The molecule has 1 N–H and O–H groups in total. The molecule has 37 heavy (non-hydrogen) atoms. The summed E-state index contributed by atoms with van der Waals surface area (Å²) in [5.41, 5.74) is 1.21. The molecule has 3 aromatic rings. The summed E-state index contributed by atoms with van der Waals surface area (Å²) in [6.07, 6.45) is 1.01. The molecule has 3 aromatic carbocycles. The molecule has 7 nitrogen and oxygen atoms in total. The second kappa shape index (κ2) is 12.2. The van der Waals surface area contributed by atoms with Crippen LogP contribution < -0.4 is 9.62 Å². The van der Waals surface area contributed by atoms with Gasteiger partial charge in [-0.1, -0.05) is 54.1 Å². The third-order valence-electron chi connectivity index (χ3n) is 5.65. The highest BCUT2D eigenvalue weighted by molar-refractivity contribution is 7.92. The molecule has 0 aliphatic rings. The van der Waals surface area contributed by atoms with E-state index in [1.54, 1.807) is 36.4 Å². The van der Waals surface area contributed by atoms with Gasteiger partial charge in [-0.15, -0.1) is 0 Å². The van der Waals surface area contributed by atoms with E-state index in [-0.39, 0.29) is 18.7 Å². The summed E-state index contributed by atoms with van der Waals surface area (Å²) in [7, 11) is -2.65. The molecule has 0 unspecified atom stereocenters. The Morgan fingerprint density at radius 2 is 1.59 bits per heavy atom. The number of benzene rings is 3. The molecule has 0 saturated heterocycles. The summed E-state index contributed by atoms with van der Waals surface area (Å²) < 4.78 is 53.2. The highest BCUT2D eigenvalue weighted by atomic mass is 35.5. The van der Waals surface area contributed by atoms with Crippen LogP contribution in [0.2, 0.25) is 5.02 Å². The van der Waals surface area contributed by atoms with Crippen LogP contribution in [0.25, 0.3) is 0 Å². The molecule has 0 heterocycles. The van der Waals surface area contributed by atoms with E-state index < -0.39 is 46.1 Å². The van der Waals surface area contributed by atoms with Gasteiger partial charge in [-0.2, -0.15) is 0 Å². The molecule has 0 radical (unpaired) electrons. The number of sulfonamides is 1. The van der Waals surface area contributed by atoms with E-state index in [1.807, 2.05) is 18.2 Å². The number of anilines is 1. The molecule has 0 aromatic heterocycles. The topological polar surface area (TPSA) is 86.8 Å². The van der Waals surface area contributed by atoms with Crippen molar-refractivity contribution in [3.05, 3.63) is 101 Å². The lowest BCUT2D eigenvalue weighted by Crippen LogP contribution is -2.52. The molecule has 0 aliphatic heterocycles. The van der Waals surface area contributed by atoms with Gasteiger partial charge in [0.15, 0.2) is 11.6 Å². The van der Waals surface area contributed by atoms with E-state index in [2.05, 4.69) is 5.32 Å². The van der Waals surface area contributed by atoms with Crippen molar-refractivity contribution in [1.29, 1.82) is 0 Å². The van der Waals surface area contributed by atoms with Gasteiger partial charge in [0, 0.05) is 31.1 Å². The monoisotopic (exact) mass is 549 g/mol. The van der Waals surface area contributed by atoms with Crippen LogP contribution in [0.3, 0.4) is 0 Å². The summed E-state index contributed by atoms with van der Waals surface area (Å²) in [4.78, 5) is 28.0. The van der Waals surface area contributed by atoms with Crippen molar-refractivity contribution >= 4 is 39.1 Å². The molecule has 0 fully saturated rings. The zero-order chi connectivity index (χ0) is 27.2. The molecule has 0 aliphatic carbocycles. The van der Waals surface area contributed by atoms with Crippen LogP contribution in [0, 0.1) is 11.6 Å². The third kappa shape index (κ3) is 7.50. The van der Waals surface area contributed by atoms with Gasteiger partial charge in [-0.3, -0.25) is 13.9 Å². The number of amides is 2. The fraction of sp³-hybridized carbons (Fsp3) is 0.231. The minimum absolute atomic E-state index is 0.0314. The maximum atomic E-state index is 13.9. The van der Waals surface area contributed by atoms with Crippen molar-refractivity contribution in [2.45, 2.75) is 19.0 Å². The van der Waals surface area contributed by atoms with E-state index in [1.165, 1.54) is 11.9 Å². The third-order valence-corrected chi connectivity index (χ3v) is 7.05. The number of nitrogens with one attached hydrogen (secondary N) is 1. The standard InChI is InChI=1S/C26H26ClF2N3O4S/c1-30-26(34)24(14-18-6-4-3-5-7-18)31(16-19-8-10-20(27)11-9-19)25(33)17-32(37(2,35)36)21-12-13-22(28)23(29)15-21/h3-13,15,24H,14,16-17H2,1-2H3,(H,30,34)/t24-/m0/s1. The van der Waals surface area contributed by atoms with Crippen LogP contribution in [0.1, 0.15) is 11.1 Å². The lowest BCUT2D eigenvalue weighted by Gasteiger charge is -2.33. The zero-order valence-corrected chi connectivity index (χ0v) is 21.8. The quantitative estimate of drug-likeness (QED) is 0.417. The first-order valence-electron chi connectivity index (χ1n) is 11.2. The summed E-state index contributed by atoms with van der Waals surface area (Å²) in [6, 6.07) is 17.2. The smallest absolute Gasteiger partial charge is 0.244 e. The SMILES string of the molecule is CNC(=O)[C@H](Cc1ccccc1)N(Cc1ccc(Cl)cc1)C(=O)CN(c1ccc(F)c(F)c1)S(C)(=O)=O. The summed E-state index contributed by atoms with van der Waals surface area (Å²) >= 11 is 5.99. The Kier molecular flexibility index (Phi) is 9.23. The van der Waals surface area contributed by atoms with Crippen LogP contribution >= 0.6 is 11.6 Å². The van der Waals surface area contributed by atoms with Crippen LogP contribution in [-0.2, 0) is 32.6 Å². The van der Waals surface area contributed by atoms with Gasteiger partial charge in [0.1, 0.15) is 12.6 Å². The predicted octanol–water partition coefficient (Wildman–Crippen LogP) is 3.77. The van der Waals surface area contributed by atoms with Crippen LogP contribution in [0.5, 0.6) is 0 Å². The van der Waals surface area contributed by atoms with Gasteiger partial charge < -0.3 is 10.2 Å². The summed E-state index contributed by atoms with van der Waals surface area (Å²) in [5.74, 6) is -3.58. The molecule has 11 heteroatoms. The van der Waals surface area contributed by atoms with Crippen molar-refractivity contribution in [1.82, 2.24) is 10.2 Å². The molecule has 0 saturated carbocycles. The number of hydrogen-bond donors (Lipinski definition) is 1. The number of likely N-dealkylation sites (N-methyl/N-ethyl adjacent to an activating group) is 1. The fourth-order valence-electron chi connectivity index (χ4n) is 3.76. The Hall–Kier alpha value is -3.50. The van der Waals surface area contributed by atoms with E-state index in [4.69, 9.17) is 11.6 Å². The van der Waals surface area contributed by atoms with Crippen LogP contribution in [0.4, 0.5) is 14.5 Å². The molecule has 3 rings (SSSR count). The second-order valence-electron chi connectivity index (χ2n) is 8.34. The van der Waals surface area contributed by atoms with Gasteiger partial charge in [0.25, 0.3) is 0 Å². The van der Waals surface area contributed by atoms with Crippen LogP contribution in [0.15, 0.2) is 72.8 Å². The minimum Gasteiger partial charge on any atom is -0.357 e. The number of carbonyl (C=O) groups excluding carboxylic acids is 2. The first kappa shape index (κ1) is 28.1. The Morgan fingerprint density at radius 3 is 2.16 bits per heavy atom. The van der Waals surface area contributed by atoms with Gasteiger partial charge in [-0.05, 0) is 35.4 Å². The van der Waals surface area contributed by atoms with E-state index in [0.29, 0.717) is 21.0 Å². The summed E-state index contributed by atoms with van der Waals surface area (Å²) in [5, 5.41) is 3.05. The average molecular weight is 550 g/mol. The number of carbonyl (C=O) groups is 2. The van der Waals surface area contributed by atoms with Gasteiger partial charge in [0.2, 0.25) is 21.8 Å². The average Bonchev–Trinajstić information content (AvgIpc) is 2.87. The van der Waals surface area contributed by atoms with Gasteiger partial charge in [-0.25, -0.2) is 17.2 Å². The molecule has 0 spiro atoms. The maximum Gasteiger partial charge on any atom is 0.244 e. The van der Waals surface area contributed by atoms with Crippen molar-refractivity contribution in [3.8, 4) is 0 Å². The number of nitrogens with zero attached hydrogens (tertiary/aromatic N) is 2. The molecular formula is C26H26ClF2N3O4S. The first-order valence-corrected chi connectivity index (χ1v) is 13.4. The molecule has 1 atom stereocenters. The van der Waals surface area contributed by atoms with E-state index in [0.717, 1.165) is 24.0 Å². The lowest BCUT2D eigenvalue weighted by atomic mass is 10.0. The largest absolute Gasteiger partial charge is 0.357 e. The van der Waals surface area contributed by atoms with E-state index >= 15 is 0 Å². The van der Waals surface area contributed by atoms with Gasteiger partial charge in [0.05, 0.1) is 11.9 Å². The lowest BCUT2D eigenvalue weighted by molar-refractivity contribution is -0.139. The Labute approximate surface area is 219 Å². The summed E-state index contributed by atoms with van der Waals surface area (Å²) in [6.45, 7) is -0.768. The Morgan fingerprint density at radius 1 is 0.946 bits per heavy atom. The first-order chi connectivity index (χ1) is 17.5. The minimum atomic E-state index is -4.09. The highest BCUT2D eigenvalue weighted by Gasteiger charge is 2.32. The normalized spacial score (nSPS) is 12.0. The number of halogens is 3. The molecule has 0 bridgehead atoms. The number of hydrogen-bond acceptors (Lipinski definition) is 4. The van der Waals surface area contributed by atoms with Crippen LogP contribution in [-0.4, -0.2) is 51.0 Å². The molecular weight excluding hydrogens is 524 g/mol. The predicted molar refractivity (Wildman–Crippen MR) is 139 cm³/mol.